The van der Waals surface area contributed by atoms with Crippen LogP contribution in [0.1, 0.15) is 57.0 Å². The first-order valence-electron chi connectivity index (χ1n) is 7.03. The van der Waals surface area contributed by atoms with Gasteiger partial charge in [0.05, 0.1) is 24.2 Å². The molecule has 0 aliphatic carbocycles. The fourth-order valence-corrected chi connectivity index (χ4v) is 2.51. The van der Waals surface area contributed by atoms with E-state index in [9.17, 15) is 0 Å². The topological polar surface area (TPSA) is 63.7 Å². The maximum atomic E-state index is 8.95. The van der Waals surface area contributed by atoms with Gasteiger partial charge in [-0.25, -0.2) is 4.68 Å². The summed E-state index contributed by atoms with van der Waals surface area (Å²) in [5.41, 5.74) is 2.01. The number of hydrogen-bond acceptors (Lipinski definition) is 4. The first-order chi connectivity index (χ1) is 9.15. The summed E-state index contributed by atoms with van der Waals surface area (Å²) in [4.78, 5) is 0. The van der Waals surface area contributed by atoms with Gasteiger partial charge < -0.3 is 4.74 Å². The molecular formula is C14H22N4O. The van der Waals surface area contributed by atoms with Crippen molar-refractivity contribution < 1.29 is 4.74 Å². The zero-order valence-corrected chi connectivity index (χ0v) is 12.0. The molecule has 104 valence electrons. The summed E-state index contributed by atoms with van der Waals surface area (Å²) in [7, 11) is 0. The Kier molecular flexibility index (Phi) is 4.54. The lowest BCUT2D eigenvalue weighted by Gasteiger charge is -2.26. The number of rotatable bonds is 4. The minimum Gasteiger partial charge on any atom is -0.381 e. The minimum absolute atomic E-state index is 0.304. The molecule has 2 heterocycles. The van der Waals surface area contributed by atoms with E-state index >= 15 is 0 Å². The van der Waals surface area contributed by atoms with E-state index in [1.807, 2.05) is 4.68 Å². The van der Waals surface area contributed by atoms with Gasteiger partial charge in [0, 0.05) is 19.1 Å². The van der Waals surface area contributed by atoms with E-state index < -0.39 is 0 Å². The van der Waals surface area contributed by atoms with Crippen LogP contribution < -0.4 is 0 Å². The van der Waals surface area contributed by atoms with Crippen LogP contribution in [0.5, 0.6) is 0 Å². The van der Waals surface area contributed by atoms with Crippen LogP contribution in [0.4, 0.5) is 0 Å². The van der Waals surface area contributed by atoms with Crippen LogP contribution in [0.2, 0.25) is 0 Å². The fourth-order valence-electron chi connectivity index (χ4n) is 2.51. The summed E-state index contributed by atoms with van der Waals surface area (Å²) in [5.74, 6) is 0.920. The van der Waals surface area contributed by atoms with Crippen LogP contribution in [0.15, 0.2) is 0 Å². The molecular weight excluding hydrogens is 240 g/mol. The summed E-state index contributed by atoms with van der Waals surface area (Å²) >= 11 is 0. The van der Waals surface area contributed by atoms with Gasteiger partial charge in [-0.2, -0.15) is 5.26 Å². The molecule has 1 aromatic heterocycles. The highest BCUT2D eigenvalue weighted by atomic mass is 16.5. The van der Waals surface area contributed by atoms with Crippen molar-refractivity contribution in [3.8, 4) is 6.07 Å². The van der Waals surface area contributed by atoms with Crippen LogP contribution in [-0.2, 0) is 11.2 Å². The third-order valence-electron chi connectivity index (χ3n) is 4.01. The third kappa shape index (κ3) is 2.95. The van der Waals surface area contributed by atoms with Gasteiger partial charge in [-0.15, -0.1) is 5.10 Å². The van der Waals surface area contributed by atoms with Crippen molar-refractivity contribution >= 4 is 0 Å². The van der Waals surface area contributed by atoms with E-state index in [0.717, 1.165) is 37.4 Å². The summed E-state index contributed by atoms with van der Waals surface area (Å²) in [6.07, 6.45) is 2.34. The molecule has 1 saturated heterocycles. The van der Waals surface area contributed by atoms with Gasteiger partial charge in [0.25, 0.3) is 0 Å². The van der Waals surface area contributed by atoms with Gasteiger partial charge in [0.1, 0.15) is 5.69 Å². The highest BCUT2D eigenvalue weighted by Crippen LogP contribution is 2.31. The predicted octanol–water partition coefficient (Wildman–Crippen LogP) is 2.46. The Morgan fingerprint density at radius 3 is 2.63 bits per heavy atom. The lowest BCUT2D eigenvalue weighted by Crippen LogP contribution is -2.22. The molecule has 1 aromatic rings. The molecule has 1 aliphatic rings. The van der Waals surface area contributed by atoms with E-state index in [0.29, 0.717) is 24.3 Å². The highest BCUT2D eigenvalue weighted by molar-refractivity contribution is 5.20. The molecule has 0 spiro atoms. The minimum atomic E-state index is 0.304. The second kappa shape index (κ2) is 6.16. The van der Waals surface area contributed by atoms with Gasteiger partial charge in [0.2, 0.25) is 0 Å². The number of hydrogen-bond donors (Lipinski definition) is 0. The lowest BCUT2D eigenvalue weighted by atomic mass is 9.93. The van der Waals surface area contributed by atoms with E-state index in [2.05, 4.69) is 37.2 Å². The molecule has 0 bridgehead atoms. The van der Waals surface area contributed by atoms with Crippen molar-refractivity contribution in [3.63, 3.8) is 0 Å². The standard InChI is InChI=1S/C14H22N4O/c1-10(2)11(3)18-14(12-5-8-19-9-6-12)13(4-7-15)16-17-18/h10-12H,4-6,8-9H2,1-3H3. The van der Waals surface area contributed by atoms with Crippen molar-refractivity contribution in [1.29, 1.82) is 5.26 Å². The van der Waals surface area contributed by atoms with Crippen molar-refractivity contribution in [2.75, 3.05) is 13.2 Å². The summed E-state index contributed by atoms with van der Waals surface area (Å²) in [6.45, 7) is 8.11. The molecule has 0 aromatic carbocycles. The normalized spacial score (nSPS) is 18.5. The second-order valence-electron chi connectivity index (χ2n) is 5.57. The Morgan fingerprint density at radius 1 is 1.37 bits per heavy atom. The molecule has 2 rings (SSSR count). The smallest absolute Gasteiger partial charge is 0.100 e. The molecule has 1 fully saturated rings. The summed E-state index contributed by atoms with van der Waals surface area (Å²) in [6, 6.07) is 2.50. The highest BCUT2D eigenvalue weighted by Gasteiger charge is 2.27. The van der Waals surface area contributed by atoms with Crippen LogP contribution in [-0.4, -0.2) is 28.2 Å². The maximum absolute atomic E-state index is 8.95. The number of nitrogens with zero attached hydrogens (tertiary/aromatic N) is 4. The van der Waals surface area contributed by atoms with Gasteiger partial charge in [-0.3, -0.25) is 0 Å². The van der Waals surface area contributed by atoms with Gasteiger partial charge in [0.15, 0.2) is 0 Å². The molecule has 5 nitrogen and oxygen atoms in total. The van der Waals surface area contributed by atoms with Crippen molar-refractivity contribution in [3.05, 3.63) is 11.4 Å². The Labute approximate surface area is 114 Å². The quantitative estimate of drug-likeness (QED) is 0.836. The van der Waals surface area contributed by atoms with Crippen LogP contribution >= 0.6 is 0 Å². The summed E-state index contributed by atoms with van der Waals surface area (Å²) < 4.78 is 7.47. The van der Waals surface area contributed by atoms with Crippen molar-refractivity contribution in [2.24, 2.45) is 5.92 Å². The van der Waals surface area contributed by atoms with Crippen LogP contribution in [0.3, 0.4) is 0 Å². The first kappa shape index (κ1) is 14.0. The van der Waals surface area contributed by atoms with E-state index in [4.69, 9.17) is 10.00 Å². The molecule has 19 heavy (non-hydrogen) atoms. The molecule has 5 heteroatoms. The van der Waals surface area contributed by atoms with Gasteiger partial charge in [-0.1, -0.05) is 19.1 Å². The van der Waals surface area contributed by atoms with Crippen LogP contribution in [0.25, 0.3) is 0 Å². The van der Waals surface area contributed by atoms with Crippen LogP contribution in [0, 0.1) is 17.2 Å². The second-order valence-corrected chi connectivity index (χ2v) is 5.57. The maximum Gasteiger partial charge on any atom is 0.100 e. The number of ether oxygens (including phenoxy) is 1. The Morgan fingerprint density at radius 2 is 2.05 bits per heavy atom. The van der Waals surface area contributed by atoms with E-state index in [1.165, 1.54) is 0 Å². The molecule has 0 amide bonds. The largest absolute Gasteiger partial charge is 0.381 e. The predicted molar refractivity (Wildman–Crippen MR) is 71.7 cm³/mol. The van der Waals surface area contributed by atoms with Gasteiger partial charge >= 0.3 is 0 Å². The van der Waals surface area contributed by atoms with Gasteiger partial charge in [-0.05, 0) is 25.7 Å². The van der Waals surface area contributed by atoms with Crippen molar-refractivity contribution in [1.82, 2.24) is 15.0 Å². The molecule has 1 aliphatic heterocycles. The summed E-state index contributed by atoms with van der Waals surface area (Å²) in [5, 5.41) is 17.5. The Bertz CT molecular complexity index is 455. The molecule has 0 N–H and O–H groups in total. The van der Waals surface area contributed by atoms with Crippen molar-refractivity contribution in [2.45, 2.75) is 52.0 Å². The molecule has 0 saturated carbocycles. The number of aromatic nitrogens is 3. The Balaban J connectivity index is 2.35. The molecule has 0 radical (unpaired) electrons. The fraction of sp³-hybridized carbons (Fsp3) is 0.786. The first-order valence-corrected chi connectivity index (χ1v) is 7.03. The zero-order valence-electron chi connectivity index (χ0n) is 12.0. The third-order valence-corrected chi connectivity index (χ3v) is 4.01. The molecule has 1 unspecified atom stereocenters. The SMILES string of the molecule is CC(C)C(C)n1nnc(CC#N)c1C1CCOCC1. The monoisotopic (exact) mass is 262 g/mol. The zero-order chi connectivity index (χ0) is 13.8. The lowest BCUT2D eigenvalue weighted by molar-refractivity contribution is 0.0826. The molecule has 1 atom stereocenters. The number of nitriles is 1. The van der Waals surface area contributed by atoms with E-state index in [1.54, 1.807) is 0 Å². The Hall–Kier alpha value is -1.41. The average molecular weight is 262 g/mol. The van der Waals surface area contributed by atoms with E-state index in [-0.39, 0.29) is 0 Å². The average Bonchev–Trinajstić information content (AvgIpc) is 2.83.